The molecule has 1 fully saturated rings. The highest BCUT2D eigenvalue weighted by Crippen LogP contribution is 2.24. The summed E-state index contributed by atoms with van der Waals surface area (Å²) in [5, 5.41) is 3.77. The maximum atomic E-state index is 12.9. The number of carbonyl (C=O) groups excluding carboxylic acids is 2. The summed E-state index contributed by atoms with van der Waals surface area (Å²) in [6.07, 6.45) is 1.81. The van der Waals surface area contributed by atoms with E-state index < -0.39 is 0 Å². The van der Waals surface area contributed by atoms with Gasteiger partial charge in [0.2, 0.25) is 5.91 Å². The first-order valence-electron chi connectivity index (χ1n) is 10.0. The van der Waals surface area contributed by atoms with Crippen LogP contribution in [0.2, 0.25) is 5.02 Å². The van der Waals surface area contributed by atoms with Gasteiger partial charge in [-0.05, 0) is 62.6 Å². The maximum Gasteiger partial charge on any atom is 0.338 e. The van der Waals surface area contributed by atoms with E-state index in [2.05, 4.69) is 10.2 Å². The Kier molecular flexibility index (Phi) is 7.29. The number of amides is 1. The van der Waals surface area contributed by atoms with Crippen LogP contribution in [0.15, 0.2) is 42.5 Å². The van der Waals surface area contributed by atoms with Crippen LogP contribution in [0.4, 0.5) is 5.69 Å². The lowest BCUT2D eigenvalue weighted by Gasteiger charge is -2.32. The van der Waals surface area contributed by atoms with Crippen LogP contribution in [-0.4, -0.2) is 36.5 Å². The number of hydrogen-bond acceptors (Lipinski definition) is 4. The lowest BCUT2D eigenvalue weighted by Crippen LogP contribution is -2.40. The van der Waals surface area contributed by atoms with E-state index in [0.29, 0.717) is 24.4 Å². The number of hydrogen-bond donors (Lipinski definition) is 1. The number of piperidine rings is 1. The lowest BCUT2D eigenvalue weighted by atomic mass is 9.96. The number of esters is 1. The van der Waals surface area contributed by atoms with Crippen LogP contribution in [-0.2, 0) is 16.1 Å². The second-order valence-electron chi connectivity index (χ2n) is 7.41. The molecule has 1 atom stereocenters. The molecule has 1 aliphatic heterocycles. The Morgan fingerprint density at radius 1 is 1.24 bits per heavy atom. The summed E-state index contributed by atoms with van der Waals surface area (Å²) in [6, 6.07) is 13.1. The van der Waals surface area contributed by atoms with E-state index in [4.69, 9.17) is 16.3 Å². The number of anilines is 1. The first kappa shape index (κ1) is 21.3. The fourth-order valence-electron chi connectivity index (χ4n) is 3.61. The molecule has 1 amide bonds. The predicted molar refractivity (Wildman–Crippen MR) is 115 cm³/mol. The normalized spacial score (nSPS) is 17.0. The van der Waals surface area contributed by atoms with Crippen molar-refractivity contribution in [2.24, 2.45) is 5.92 Å². The van der Waals surface area contributed by atoms with Crippen molar-refractivity contribution < 1.29 is 14.3 Å². The molecule has 0 radical (unpaired) electrons. The molecule has 0 spiro atoms. The number of nitrogens with one attached hydrogen (secondary N) is 1. The minimum atomic E-state index is -0.383. The molecule has 29 heavy (non-hydrogen) atoms. The third-order valence-corrected chi connectivity index (χ3v) is 5.60. The zero-order chi connectivity index (χ0) is 20.8. The van der Waals surface area contributed by atoms with E-state index in [0.717, 1.165) is 42.1 Å². The van der Waals surface area contributed by atoms with Crippen LogP contribution in [0, 0.1) is 12.8 Å². The van der Waals surface area contributed by atoms with Gasteiger partial charge in [0.15, 0.2) is 0 Å². The van der Waals surface area contributed by atoms with Gasteiger partial charge in [-0.3, -0.25) is 9.69 Å². The van der Waals surface area contributed by atoms with Gasteiger partial charge in [0.05, 0.1) is 18.1 Å². The van der Waals surface area contributed by atoms with Crippen LogP contribution in [0.3, 0.4) is 0 Å². The highest BCUT2D eigenvalue weighted by molar-refractivity contribution is 6.31. The molecule has 0 aromatic heterocycles. The molecular weight excluding hydrogens is 388 g/mol. The minimum absolute atomic E-state index is 0.0158. The third kappa shape index (κ3) is 5.58. The van der Waals surface area contributed by atoms with E-state index in [1.807, 2.05) is 37.3 Å². The predicted octanol–water partition coefficient (Wildman–Crippen LogP) is 4.68. The van der Waals surface area contributed by atoms with Gasteiger partial charge in [-0.1, -0.05) is 35.9 Å². The number of likely N-dealkylation sites (tertiary alicyclic amines) is 1. The van der Waals surface area contributed by atoms with Crippen molar-refractivity contribution in [1.29, 1.82) is 0 Å². The molecule has 0 bridgehead atoms. The zero-order valence-corrected chi connectivity index (χ0v) is 17.7. The molecule has 1 N–H and O–H groups in total. The van der Waals surface area contributed by atoms with Crippen molar-refractivity contribution in [3.63, 3.8) is 0 Å². The summed E-state index contributed by atoms with van der Waals surface area (Å²) in [7, 11) is 0. The summed E-state index contributed by atoms with van der Waals surface area (Å²) in [4.78, 5) is 27.2. The Morgan fingerprint density at radius 3 is 2.79 bits per heavy atom. The van der Waals surface area contributed by atoms with Crippen molar-refractivity contribution in [2.75, 3.05) is 25.0 Å². The van der Waals surface area contributed by atoms with Crippen molar-refractivity contribution >= 4 is 29.2 Å². The van der Waals surface area contributed by atoms with Crippen molar-refractivity contribution in [3.05, 3.63) is 64.2 Å². The lowest BCUT2D eigenvalue weighted by molar-refractivity contribution is -0.121. The van der Waals surface area contributed by atoms with Crippen LogP contribution in [0.1, 0.15) is 41.3 Å². The molecule has 5 nitrogen and oxygen atoms in total. The van der Waals surface area contributed by atoms with Crippen LogP contribution in [0.5, 0.6) is 0 Å². The van der Waals surface area contributed by atoms with Crippen molar-refractivity contribution in [2.45, 2.75) is 33.2 Å². The van der Waals surface area contributed by atoms with Gasteiger partial charge in [0, 0.05) is 23.8 Å². The summed E-state index contributed by atoms with van der Waals surface area (Å²) >= 11 is 6.29. The number of halogens is 1. The molecule has 0 aliphatic carbocycles. The fraction of sp³-hybridized carbons (Fsp3) is 0.391. The first-order valence-corrected chi connectivity index (χ1v) is 10.4. The van der Waals surface area contributed by atoms with E-state index in [9.17, 15) is 9.59 Å². The Hall–Kier alpha value is -2.37. The highest BCUT2D eigenvalue weighted by atomic mass is 35.5. The number of ether oxygens (including phenoxy) is 1. The number of nitrogens with zero attached hydrogens (tertiary/aromatic N) is 1. The second kappa shape index (κ2) is 9.90. The van der Waals surface area contributed by atoms with Crippen LogP contribution >= 0.6 is 11.6 Å². The monoisotopic (exact) mass is 414 g/mol. The minimum Gasteiger partial charge on any atom is -0.462 e. The number of benzene rings is 2. The zero-order valence-electron chi connectivity index (χ0n) is 16.9. The smallest absolute Gasteiger partial charge is 0.338 e. The Morgan fingerprint density at radius 2 is 2.03 bits per heavy atom. The quantitative estimate of drug-likeness (QED) is 0.697. The topological polar surface area (TPSA) is 58.6 Å². The van der Waals surface area contributed by atoms with Gasteiger partial charge in [0.25, 0.3) is 0 Å². The SMILES string of the molecule is CCOC(=O)c1ccc(C)c(NC(=O)[C@H]2CCCN(Cc3ccccc3Cl)C2)c1. The number of carbonyl (C=O) groups is 2. The highest BCUT2D eigenvalue weighted by Gasteiger charge is 2.26. The standard InChI is InChI=1S/C23H27ClN2O3/c1-3-29-23(28)17-11-10-16(2)21(13-17)25-22(27)19-8-6-12-26(15-19)14-18-7-4-5-9-20(18)24/h4-5,7,9-11,13,19H,3,6,8,12,14-15H2,1-2H3,(H,25,27)/t19-/m0/s1. The summed E-state index contributed by atoms with van der Waals surface area (Å²) < 4.78 is 5.06. The van der Waals surface area contributed by atoms with Crippen molar-refractivity contribution in [3.8, 4) is 0 Å². The molecule has 0 saturated carbocycles. The molecule has 6 heteroatoms. The van der Waals surface area contributed by atoms with E-state index in [1.165, 1.54) is 0 Å². The molecular formula is C23H27ClN2O3. The third-order valence-electron chi connectivity index (χ3n) is 5.23. The fourth-order valence-corrected chi connectivity index (χ4v) is 3.81. The van der Waals surface area contributed by atoms with E-state index >= 15 is 0 Å². The summed E-state index contributed by atoms with van der Waals surface area (Å²) in [6.45, 7) is 6.37. The number of rotatable bonds is 6. The molecule has 2 aromatic carbocycles. The van der Waals surface area contributed by atoms with Gasteiger partial charge >= 0.3 is 5.97 Å². The molecule has 1 saturated heterocycles. The van der Waals surface area contributed by atoms with Gasteiger partial charge in [-0.2, -0.15) is 0 Å². The Bertz CT molecular complexity index is 884. The largest absolute Gasteiger partial charge is 0.462 e. The average molecular weight is 415 g/mol. The van der Waals surface area contributed by atoms with E-state index in [-0.39, 0.29) is 17.8 Å². The summed E-state index contributed by atoms with van der Waals surface area (Å²) in [5.74, 6) is -0.499. The molecule has 3 rings (SSSR count). The Balaban J connectivity index is 1.65. The van der Waals surface area contributed by atoms with Crippen LogP contribution < -0.4 is 5.32 Å². The van der Waals surface area contributed by atoms with E-state index in [1.54, 1.807) is 19.1 Å². The van der Waals surface area contributed by atoms with Crippen molar-refractivity contribution in [1.82, 2.24) is 4.90 Å². The van der Waals surface area contributed by atoms with Crippen LogP contribution in [0.25, 0.3) is 0 Å². The van der Waals surface area contributed by atoms with Gasteiger partial charge < -0.3 is 10.1 Å². The van der Waals surface area contributed by atoms with Gasteiger partial charge in [-0.25, -0.2) is 4.79 Å². The first-order chi connectivity index (χ1) is 14.0. The molecule has 1 aliphatic rings. The summed E-state index contributed by atoms with van der Waals surface area (Å²) in [5.41, 5.74) is 3.09. The second-order valence-corrected chi connectivity index (χ2v) is 7.81. The molecule has 154 valence electrons. The van der Waals surface area contributed by atoms with Gasteiger partial charge in [-0.15, -0.1) is 0 Å². The maximum absolute atomic E-state index is 12.9. The molecule has 0 unspecified atom stereocenters. The number of aryl methyl sites for hydroxylation is 1. The van der Waals surface area contributed by atoms with Gasteiger partial charge in [0.1, 0.15) is 0 Å². The average Bonchev–Trinajstić information content (AvgIpc) is 2.71. The molecule has 1 heterocycles. The molecule has 2 aromatic rings. The Labute approximate surface area is 177 Å².